The van der Waals surface area contributed by atoms with Crippen LogP contribution >= 0.6 is 11.8 Å². The Balaban J connectivity index is 1.65. The Hall–Kier alpha value is -1.00. The van der Waals surface area contributed by atoms with Crippen LogP contribution in [-0.4, -0.2) is 59.9 Å². The van der Waals surface area contributed by atoms with Crippen molar-refractivity contribution < 1.29 is 4.79 Å². The van der Waals surface area contributed by atoms with E-state index >= 15 is 0 Å². The largest absolute Gasteiger partial charge is 0.339 e. The van der Waals surface area contributed by atoms with Gasteiger partial charge in [0.2, 0.25) is 5.91 Å². The fourth-order valence-electron chi connectivity index (χ4n) is 2.55. The zero-order valence-electron chi connectivity index (χ0n) is 13.0. The zero-order valence-corrected chi connectivity index (χ0v) is 13.8. The van der Waals surface area contributed by atoms with Gasteiger partial charge in [-0.25, -0.2) is 0 Å². The van der Waals surface area contributed by atoms with Crippen molar-refractivity contribution in [1.82, 2.24) is 9.80 Å². The van der Waals surface area contributed by atoms with Gasteiger partial charge in [-0.05, 0) is 24.2 Å². The van der Waals surface area contributed by atoms with E-state index in [0.717, 1.165) is 51.3 Å². The summed E-state index contributed by atoms with van der Waals surface area (Å²) in [5.41, 5.74) is 1.40. The summed E-state index contributed by atoms with van der Waals surface area (Å²) in [6.45, 7) is 7.05. The Morgan fingerprint density at radius 1 is 1.14 bits per heavy atom. The van der Waals surface area contributed by atoms with Crippen molar-refractivity contribution in [3.8, 4) is 0 Å². The van der Waals surface area contributed by atoms with Crippen LogP contribution in [0.5, 0.6) is 0 Å². The third kappa shape index (κ3) is 5.71. The quantitative estimate of drug-likeness (QED) is 0.723. The lowest BCUT2D eigenvalue weighted by Gasteiger charge is -2.34. The molecule has 3 nitrogen and oxygen atoms in total. The molecule has 1 aliphatic rings. The Morgan fingerprint density at radius 2 is 1.86 bits per heavy atom. The predicted molar refractivity (Wildman–Crippen MR) is 90.8 cm³/mol. The maximum Gasteiger partial charge on any atom is 0.232 e. The van der Waals surface area contributed by atoms with Crippen LogP contribution in [0.1, 0.15) is 18.9 Å². The molecule has 1 amide bonds. The highest BCUT2D eigenvalue weighted by Gasteiger charge is 2.20. The van der Waals surface area contributed by atoms with Crippen LogP contribution in [0.2, 0.25) is 0 Å². The third-order valence-electron chi connectivity index (χ3n) is 3.86. The number of hydrogen-bond donors (Lipinski definition) is 0. The van der Waals surface area contributed by atoms with E-state index in [1.807, 2.05) is 4.90 Å². The number of amides is 1. The van der Waals surface area contributed by atoms with Crippen LogP contribution in [0.25, 0.3) is 0 Å². The molecule has 1 heterocycles. The van der Waals surface area contributed by atoms with Gasteiger partial charge in [-0.2, -0.15) is 11.8 Å². The molecule has 0 saturated carbocycles. The molecule has 1 aromatic rings. The van der Waals surface area contributed by atoms with E-state index in [1.165, 1.54) is 5.56 Å². The van der Waals surface area contributed by atoms with Gasteiger partial charge in [0.25, 0.3) is 0 Å². The number of rotatable bonds is 7. The van der Waals surface area contributed by atoms with Crippen LogP contribution in [-0.2, 0) is 11.2 Å². The highest BCUT2D eigenvalue weighted by Crippen LogP contribution is 2.09. The second-order valence-electron chi connectivity index (χ2n) is 5.51. The SMILES string of the molecule is CCCSCC(=O)N1CCN(CCc2ccccc2)CC1. The summed E-state index contributed by atoms with van der Waals surface area (Å²) in [7, 11) is 0. The minimum atomic E-state index is 0.316. The molecule has 21 heavy (non-hydrogen) atoms. The average molecular weight is 306 g/mol. The van der Waals surface area contributed by atoms with Gasteiger partial charge >= 0.3 is 0 Å². The van der Waals surface area contributed by atoms with Gasteiger partial charge in [-0.15, -0.1) is 0 Å². The summed E-state index contributed by atoms with van der Waals surface area (Å²) in [5.74, 6) is 2.05. The van der Waals surface area contributed by atoms with Gasteiger partial charge in [-0.3, -0.25) is 9.69 Å². The van der Waals surface area contributed by atoms with Gasteiger partial charge in [0.15, 0.2) is 0 Å². The van der Waals surface area contributed by atoms with Crippen LogP contribution in [0.15, 0.2) is 30.3 Å². The van der Waals surface area contributed by atoms with Gasteiger partial charge in [-0.1, -0.05) is 37.3 Å². The molecule has 0 aromatic heterocycles. The standard InChI is InChI=1S/C17H26N2OS/c1-2-14-21-15-17(20)19-12-10-18(11-13-19)9-8-16-6-4-3-5-7-16/h3-7H,2,8-15H2,1H3. The smallest absolute Gasteiger partial charge is 0.232 e. The average Bonchev–Trinajstić information content (AvgIpc) is 2.54. The molecule has 1 saturated heterocycles. The highest BCUT2D eigenvalue weighted by molar-refractivity contribution is 7.99. The molecular formula is C17H26N2OS. The van der Waals surface area contributed by atoms with Crippen LogP contribution in [0.4, 0.5) is 0 Å². The molecule has 1 aromatic carbocycles. The minimum Gasteiger partial charge on any atom is -0.339 e. The van der Waals surface area contributed by atoms with Crippen molar-refractivity contribution in [1.29, 1.82) is 0 Å². The first-order valence-corrected chi connectivity index (χ1v) is 9.07. The topological polar surface area (TPSA) is 23.6 Å². The minimum absolute atomic E-state index is 0.316. The molecular weight excluding hydrogens is 280 g/mol. The first-order valence-electron chi connectivity index (χ1n) is 7.91. The normalized spacial score (nSPS) is 16.1. The third-order valence-corrected chi connectivity index (χ3v) is 5.01. The molecule has 2 rings (SSSR count). The number of thioether (sulfide) groups is 1. The summed E-state index contributed by atoms with van der Waals surface area (Å²) in [6.07, 6.45) is 2.24. The van der Waals surface area contributed by atoms with Gasteiger partial charge in [0, 0.05) is 32.7 Å². The van der Waals surface area contributed by atoms with Gasteiger partial charge < -0.3 is 4.90 Å². The van der Waals surface area contributed by atoms with Crippen LogP contribution < -0.4 is 0 Å². The van der Waals surface area contributed by atoms with E-state index in [9.17, 15) is 4.79 Å². The van der Waals surface area contributed by atoms with Crippen LogP contribution in [0.3, 0.4) is 0 Å². The van der Waals surface area contributed by atoms with Crippen molar-refractivity contribution in [3.05, 3.63) is 35.9 Å². The van der Waals surface area contributed by atoms with Crippen LogP contribution in [0, 0.1) is 0 Å². The van der Waals surface area contributed by atoms with E-state index in [-0.39, 0.29) is 0 Å². The predicted octanol–water partition coefficient (Wildman–Crippen LogP) is 2.52. The maximum atomic E-state index is 12.0. The first-order chi connectivity index (χ1) is 10.3. The van der Waals surface area contributed by atoms with Crippen molar-refractivity contribution >= 4 is 17.7 Å². The second-order valence-corrected chi connectivity index (χ2v) is 6.62. The Kier molecular flexibility index (Phi) is 7.10. The Morgan fingerprint density at radius 3 is 2.52 bits per heavy atom. The monoisotopic (exact) mass is 306 g/mol. The molecule has 0 spiro atoms. The Bertz CT molecular complexity index is 416. The lowest BCUT2D eigenvalue weighted by atomic mass is 10.1. The number of piperazine rings is 1. The van der Waals surface area contributed by atoms with E-state index in [1.54, 1.807) is 11.8 Å². The number of carbonyl (C=O) groups excluding carboxylic acids is 1. The van der Waals surface area contributed by atoms with Crippen molar-refractivity contribution in [2.75, 3.05) is 44.2 Å². The summed E-state index contributed by atoms with van der Waals surface area (Å²) in [5, 5.41) is 0. The lowest BCUT2D eigenvalue weighted by molar-refractivity contribution is -0.130. The van der Waals surface area contributed by atoms with Crippen molar-refractivity contribution in [3.63, 3.8) is 0 Å². The molecule has 1 aliphatic heterocycles. The summed E-state index contributed by atoms with van der Waals surface area (Å²) >= 11 is 1.76. The molecule has 116 valence electrons. The molecule has 0 aliphatic carbocycles. The summed E-state index contributed by atoms with van der Waals surface area (Å²) in [6, 6.07) is 10.6. The first kappa shape index (κ1) is 16.4. The van der Waals surface area contributed by atoms with Crippen molar-refractivity contribution in [2.24, 2.45) is 0 Å². The number of nitrogens with zero attached hydrogens (tertiary/aromatic N) is 2. The Labute approximate surface area is 132 Å². The van der Waals surface area contributed by atoms with E-state index in [2.05, 4.69) is 42.2 Å². The van der Waals surface area contributed by atoms with Gasteiger partial charge in [0.1, 0.15) is 0 Å². The fourth-order valence-corrected chi connectivity index (χ4v) is 3.34. The van der Waals surface area contributed by atoms with E-state index < -0.39 is 0 Å². The number of benzene rings is 1. The molecule has 0 radical (unpaired) electrons. The molecule has 0 unspecified atom stereocenters. The number of hydrogen-bond acceptors (Lipinski definition) is 3. The highest BCUT2D eigenvalue weighted by atomic mass is 32.2. The summed E-state index contributed by atoms with van der Waals surface area (Å²) in [4.78, 5) is 16.5. The molecule has 0 N–H and O–H groups in total. The molecule has 0 bridgehead atoms. The molecule has 4 heteroatoms. The fraction of sp³-hybridized carbons (Fsp3) is 0.588. The number of carbonyl (C=O) groups is 1. The molecule has 1 fully saturated rings. The van der Waals surface area contributed by atoms with Gasteiger partial charge in [0.05, 0.1) is 5.75 Å². The van der Waals surface area contributed by atoms with Crippen molar-refractivity contribution in [2.45, 2.75) is 19.8 Å². The summed E-state index contributed by atoms with van der Waals surface area (Å²) < 4.78 is 0. The lowest BCUT2D eigenvalue weighted by Crippen LogP contribution is -2.49. The second kappa shape index (κ2) is 9.11. The van der Waals surface area contributed by atoms with E-state index in [4.69, 9.17) is 0 Å². The zero-order chi connectivity index (χ0) is 14.9. The molecule has 0 atom stereocenters. The van der Waals surface area contributed by atoms with E-state index in [0.29, 0.717) is 11.7 Å². The maximum absolute atomic E-state index is 12.0.